The number of ether oxygens (including phenoxy) is 2. The second-order valence-corrected chi connectivity index (χ2v) is 7.31. The van der Waals surface area contributed by atoms with Crippen molar-refractivity contribution in [2.24, 2.45) is 4.99 Å². The third kappa shape index (κ3) is 6.21. The number of nitrogens with one attached hydrogen (secondary N) is 2. The van der Waals surface area contributed by atoms with Gasteiger partial charge in [-0.2, -0.15) is 0 Å². The summed E-state index contributed by atoms with van der Waals surface area (Å²) >= 11 is 0. The maximum atomic E-state index is 13.8. The molecule has 1 aliphatic rings. The fourth-order valence-electron chi connectivity index (χ4n) is 3.38. The van der Waals surface area contributed by atoms with Crippen molar-refractivity contribution in [3.05, 3.63) is 53.7 Å². The first-order valence-electron chi connectivity index (χ1n) is 10.3. The van der Waals surface area contributed by atoms with Gasteiger partial charge in [-0.1, -0.05) is 12.1 Å². The number of benzene rings is 1. The fraction of sp³-hybridized carbons (Fsp3) is 0.500. The largest absolute Gasteiger partial charge is 0.486 e. The number of aliphatic imine (C=N–C) groups is 1. The fourth-order valence-corrected chi connectivity index (χ4v) is 3.38. The van der Waals surface area contributed by atoms with Gasteiger partial charge in [0.2, 0.25) is 0 Å². The van der Waals surface area contributed by atoms with Gasteiger partial charge in [-0.15, -0.1) is 0 Å². The monoisotopic (exact) mass is 418 g/mol. The van der Waals surface area contributed by atoms with Crippen LogP contribution in [-0.2, 0) is 4.74 Å². The smallest absolute Gasteiger partial charge is 0.191 e. The Morgan fingerprint density at radius 2 is 1.90 bits per heavy atom. The number of guanidine groups is 1. The van der Waals surface area contributed by atoms with Crippen LogP contribution in [0.1, 0.15) is 24.5 Å². The van der Waals surface area contributed by atoms with Gasteiger partial charge >= 0.3 is 0 Å². The maximum Gasteiger partial charge on any atom is 0.191 e. The van der Waals surface area contributed by atoms with Gasteiger partial charge in [0.1, 0.15) is 17.6 Å². The average Bonchev–Trinajstić information content (AvgIpc) is 3.19. The molecule has 2 atom stereocenters. The number of rotatable bonds is 8. The van der Waals surface area contributed by atoms with Gasteiger partial charge in [0.25, 0.3) is 0 Å². The zero-order chi connectivity index (χ0) is 21.3. The summed E-state index contributed by atoms with van der Waals surface area (Å²) in [4.78, 5) is 6.64. The highest BCUT2D eigenvalue weighted by molar-refractivity contribution is 5.79. The lowest BCUT2D eigenvalue weighted by Gasteiger charge is -2.33. The molecule has 2 unspecified atom stereocenters. The van der Waals surface area contributed by atoms with E-state index < -0.39 is 0 Å². The van der Waals surface area contributed by atoms with Crippen LogP contribution in [0.4, 0.5) is 4.39 Å². The van der Waals surface area contributed by atoms with Crippen molar-refractivity contribution in [2.75, 3.05) is 46.4 Å². The first-order valence-corrected chi connectivity index (χ1v) is 10.3. The highest BCUT2D eigenvalue weighted by atomic mass is 19.1. The molecule has 0 bridgehead atoms. The van der Waals surface area contributed by atoms with Gasteiger partial charge in [0.15, 0.2) is 17.5 Å². The van der Waals surface area contributed by atoms with E-state index in [2.05, 4.69) is 20.5 Å². The van der Waals surface area contributed by atoms with Crippen LogP contribution in [0, 0.1) is 12.7 Å². The van der Waals surface area contributed by atoms with Crippen LogP contribution in [0.25, 0.3) is 0 Å². The standard InChI is InChI=1S/C22H31FN4O3/c1-16-8-9-21(29-16)19(27-10-12-28-13-11-27)15-26-22(24-3)25-14-17(2)30-20-7-5-4-6-18(20)23/h4-9,17,19H,10-15H2,1-3H3,(H2,24,25,26). The number of nitrogens with zero attached hydrogens (tertiary/aromatic N) is 2. The van der Waals surface area contributed by atoms with Crippen molar-refractivity contribution in [2.45, 2.75) is 26.0 Å². The predicted molar refractivity (Wildman–Crippen MR) is 114 cm³/mol. The second kappa shape index (κ2) is 11.0. The Hall–Kier alpha value is -2.58. The molecule has 7 nitrogen and oxygen atoms in total. The van der Waals surface area contributed by atoms with Gasteiger partial charge in [-0.25, -0.2) is 4.39 Å². The maximum absolute atomic E-state index is 13.8. The number of aryl methyl sites for hydroxylation is 1. The lowest BCUT2D eigenvalue weighted by Crippen LogP contribution is -2.47. The first-order chi connectivity index (χ1) is 14.6. The van der Waals surface area contributed by atoms with Crippen molar-refractivity contribution in [3.8, 4) is 5.75 Å². The Bertz CT molecular complexity index is 820. The Morgan fingerprint density at radius 3 is 2.57 bits per heavy atom. The van der Waals surface area contributed by atoms with Gasteiger partial charge in [-0.3, -0.25) is 9.89 Å². The van der Waals surface area contributed by atoms with E-state index in [1.165, 1.54) is 6.07 Å². The normalized spacial score (nSPS) is 17.4. The molecule has 164 valence electrons. The van der Waals surface area contributed by atoms with Gasteiger partial charge in [-0.05, 0) is 38.1 Å². The van der Waals surface area contributed by atoms with Crippen LogP contribution in [0.5, 0.6) is 5.75 Å². The zero-order valence-corrected chi connectivity index (χ0v) is 17.9. The van der Waals surface area contributed by atoms with Crippen molar-refractivity contribution >= 4 is 5.96 Å². The summed E-state index contributed by atoms with van der Waals surface area (Å²) in [6.45, 7) is 8.09. The first kappa shape index (κ1) is 22.1. The van der Waals surface area contributed by atoms with Crippen LogP contribution in [0.3, 0.4) is 0 Å². The summed E-state index contributed by atoms with van der Waals surface area (Å²) in [7, 11) is 1.72. The van der Waals surface area contributed by atoms with Crippen LogP contribution >= 0.6 is 0 Å². The molecule has 2 aromatic rings. The molecule has 0 amide bonds. The Labute approximate surface area is 177 Å². The minimum atomic E-state index is -0.367. The Kier molecular flexibility index (Phi) is 8.10. The summed E-state index contributed by atoms with van der Waals surface area (Å²) in [5.41, 5.74) is 0. The van der Waals surface area contributed by atoms with E-state index in [9.17, 15) is 4.39 Å². The average molecular weight is 419 g/mol. The molecule has 0 saturated carbocycles. The molecule has 1 fully saturated rings. The minimum absolute atomic E-state index is 0.0771. The van der Waals surface area contributed by atoms with Gasteiger partial charge in [0.05, 0.1) is 25.8 Å². The molecule has 1 saturated heterocycles. The number of para-hydroxylation sites is 1. The second-order valence-electron chi connectivity index (χ2n) is 7.31. The molecule has 1 aromatic heterocycles. The summed E-state index contributed by atoms with van der Waals surface area (Å²) in [6, 6.07) is 10.5. The van der Waals surface area contributed by atoms with E-state index in [0.29, 0.717) is 32.3 Å². The minimum Gasteiger partial charge on any atom is -0.486 e. The van der Waals surface area contributed by atoms with Gasteiger partial charge in [0, 0.05) is 26.7 Å². The van der Waals surface area contributed by atoms with Crippen molar-refractivity contribution < 1.29 is 18.3 Å². The van der Waals surface area contributed by atoms with Crippen LogP contribution < -0.4 is 15.4 Å². The van der Waals surface area contributed by atoms with E-state index in [1.54, 1.807) is 25.2 Å². The number of hydrogen-bond acceptors (Lipinski definition) is 5. The number of morpholine rings is 1. The third-order valence-corrected chi connectivity index (χ3v) is 4.98. The van der Waals surface area contributed by atoms with Crippen molar-refractivity contribution in [1.82, 2.24) is 15.5 Å². The highest BCUT2D eigenvalue weighted by Crippen LogP contribution is 2.23. The molecular weight excluding hydrogens is 387 g/mol. The molecule has 0 aliphatic carbocycles. The number of hydrogen-bond donors (Lipinski definition) is 2. The Balaban J connectivity index is 1.53. The SMILES string of the molecule is CN=C(NCC(C)Oc1ccccc1F)NCC(c1ccc(C)o1)N1CCOCC1. The molecule has 0 radical (unpaired) electrons. The molecule has 3 rings (SSSR count). The molecular formula is C22H31FN4O3. The molecule has 1 aliphatic heterocycles. The van der Waals surface area contributed by atoms with Crippen LogP contribution in [0.2, 0.25) is 0 Å². The molecule has 1 aromatic carbocycles. The molecule has 8 heteroatoms. The van der Waals surface area contributed by atoms with E-state index in [1.807, 2.05) is 26.0 Å². The molecule has 30 heavy (non-hydrogen) atoms. The summed E-state index contributed by atoms with van der Waals surface area (Å²) in [5.74, 6) is 2.35. The number of furan rings is 1. The van der Waals surface area contributed by atoms with E-state index in [0.717, 1.165) is 24.6 Å². The van der Waals surface area contributed by atoms with Crippen LogP contribution in [-0.4, -0.2) is 63.4 Å². The summed E-state index contributed by atoms with van der Waals surface area (Å²) in [5, 5.41) is 6.61. The van der Waals surface area contributed by atoms with Crippen LogP contribution in [0.15, 0.2) is 45.8 Å². The topological polar surface area (TPSA) is 71.3 Å². The van der Waals surface area contributed by atoms with E-state index in [-0.39, 0.29) is 23.7 Å². The molecule has 2 N–H and O–H groups in total. The van der Waals surface area contributed by atoms with E-state index >= 15 is 0 Å². The number of halogens is 1. The third-order valence-electron chi connectivity index (χ3n) is 4.98. The summed E-state index contributed by atoms with van der Waals surface area (Å²) < 4.78 is 30.8. The predicted octanol–water partition coefficient (Wildman–Crippen LogP) is 2.73. The molecule has 2 heterocycles. The van der Waals surface area contributed by atoms with Crippen molar-refractivity contribution in [3.63, 3.8) is 0 Å². The van der Waals surface area contributed by atoms with Crippen molar-refractivity contribution in [1.29, 1.82) is 0 Å². The lowest BCUT2D eigenvalue weighted by molar-refractivity contribution is 0.0124. The Morgan fingerprint density at radius 1 is 1.17 bits per heavy atom. The summed E-state index contributed by atoms with van der Waals surface area (Å²) in [6.07, 6.45) is -0.233. The highest BCUT2D eigenvalue weighted by Gasteiger charge is 2.25. The quantitative estimate of drug-likeness (QED) is 0.507. The van der Waals surface area contributed by atoms with Gasteiger partial charge < -0.3 is 24.5 Å². The van der Waals surface area contributed by atoms with E-state index in [4.69, 9.17) is 13.9 Å². The lowest BCUT2D eigenvalue weighted by atomic mass is 10.1. The zero-order valence-electron chi connectivity index (χ0n) is 17.9. The molecule has 0 spiro atoms.